The van der Waals surface area contributed by atoms with E-state index < -0.39 is 5.91 Å². The molecule has 0 aliphatic heterocycles. The van der Waals surface area contributed by atoms with Gasteiger partial charge < -0.3 is 9.09 Å². The van der Waals surface area contributed by atoms with Crippen molar-refractivity contribution in [3.05, 3.63) is 59.5 Å². The monoisotopic (exact) mass is 303 g/mol. The highest BCUT2D eigenvalue weighted by molar-refractivity contribution is 7.16. The topological polar surface area (TPSA) is 60.4 Å². The van der Waals surface area contributed by atoms with Crippen molar-refractivity contribution in [2.75, 3.05) is 0 Å². The zero-order chi connectivity index (χ0) is 14.8. The molecule has 0 bridgehead atoms. The van der Waals surface area contributed by atoms with Crippen molar-refractivity contribution in [3.8, 4) is 0 Å². The number of benzene rings is 1. The SMILES string of the molecule is C=CCn1c(=NC(=O)c2ccno2)sc2cc(F)ccc21. The van der Waals surface area contributed by atoms with Crippen LogP contribution in [0, 0.1) is 5.82 Å². The normalized spacial score (nSPS) is 12.0. The van der Waals surface area contributed by atoms with E-state index in [1.807, 2.05) is 0 Å². The molecule has 5 nitrogen and oxygen atoms in total. The van der Waals surface area contributed by atoms with Gasteiger partial charge in [-0.1, -0.05) is 22.6 Å². The molecule has 2 aromatic heterocycles. The summed E-state index contributed by atoms with van der Waals surface area (Å²) in [6.45, 7) is 4.15. The minimum atomic E-state index is -0.530. The number of carbonyl (C=O) groups is 1. The number of hydrogen-bond donors (Lipinski definition) is 0. The van der Waals surface area contributed by atoms with Gasteiger partial charge in [0.05, 0.1) is 16.4 Å². The summed E-state index contributed by atoms with van der Waals surface area (Å²) >= 11 is 1.23. The third-order valence-corrected chi connectivity index (χ3v) is 3.84. The number of hydrogen-bond acceptors (Lipinski definition) is 4. The Labute approximate surface area is 122 Å². The molecule has 21 heavy (non-hydrogen) atoms. The number of allylic oxidation sites excluding steroid dienone is 1. The van der Waals surface area contributed by atoms with E-state index in [1.54, 1.807) is 16.7 Å². The number of halogens is 1. The lowest BCUT2D eigenvalue weighted by atomic mass is 10.3. The van der Waals surface area contributed by atoms with Crippen LogP contribution in [0.1, 0.15) is 10.6 Å². The standard InChI is InChI=1S/C14H10FN3O2S/c1-2-7-18-10-4-3-9(15)8-12(10)21-14(18)17-13(19)11-5-6-16-20-11/h2-6,8H,1,7H2. The molecular weight excluding hydrogens is 293 g/mol. The first-order valence-corrected chi connectivity index (χ1v) is 6.90. The number of fused-ring (bicyclic) bond motifs is 1. The van der Waals surface area contributed by atoms with E-state index in [4.69, 9.17) is 4.52 Å². The zero-order valence-electron chi connectivity index (χ0n) is 10.8. The minimum Gasteiger partial charge on any atom is -0.351 e. The Morgan fingerprint density at radius 1 is 1.52 bits per heavy atom. The van der Waals surface area contributed by atoms with Crippen molar-refractivity contribution in [1.82, 2.24) is 9.72 Å². The quantitative estimate of drug-likeness (QED) is 0.699. The maximum Gasteiger partial charge on any atom is 0.318 e. The zero-order valence-corrected chi connectivity index (χ0v) is 11.6. The first-order chi connectivity index (χ1) is 10.2. The van der Waals surface area contributed by atoms with Gasteiger partial charge in [0.2, 0.25) is 5.76 Å². The summed E-state index contributed by atoms with van der Waals surface area (Å²) in [5, 5.41) is 3.47. The minimum absolute atomic E-state index is 0.0591. The smallest absolute Gasteiger partial charge is 0.318 e. The van der Waals surface area contributed by atoms with Crippen molar-refractivity contribution < 1.29 is 13.7 Å². The molecule has 3 aromatic rings. The van der Waals surface area contributed by atoms with Crippen molar-refractivity contribution >= 4 is 27.5 Å². The molecule has 0 aliphatic rings. The van der Waals surface area contributed by atoms with Gasteiger partial charge in [0, 0.05) is 12.6 Å². The molecule has 0 saturated carbocycles. The summed E-state index contributed by atoms with van der Waals surface area (Å²) in [7, 11) is 0. The van der Waals surface area contributed by atoms with E-state index in [0.717, 1.165) is 5.52 Å². The fraction of sp³-hybridized carbons (Fsp3) is 0.0714. The van der Waals surface area contributed by atoms with Crippen molar-refractivity contribution in [3.63, 3.8) is 0 Å². The molecule has 0 fully saturated rings. The molecule has 106 valence electrons. The summed E-state index contributed by atoms with van der Waals surface area (Å²) in [5.74, 6) is -0.802. The first-order valence-electron chi connectivity index (χ1n) is 6.08. The molecular formula is C14H10FN3O2S. The molecule has 7 heteroatoms. The van der Waals surface area contributed by atoms with E-state index in [1.165, 1.54) is 35.7 Å². The molecule has 0 radical (unpaired) electrons. The molecule has 0 aliphatic carbocycles. The fourth-order valence-electron chi connectivity index (χ4n) is 1.91. The Balaban J connectivity index is 2.19. The Kier molecular flexibility index (Phi) is 3.49. The van der Waals surface area contributed by atoms with Crippen LogP contribution >= 0.6 is 11.3 Å². The largest absolute Gasteiger partial charge is 0.351 e. The van der Waals surface area contributed by atoms with E-state index in [9.17, 15) is 9.18 Å². The van der Waals surface area contributed by atoms with Crippen LogP contribution in [0.4, 0.5) is 4.39 Å². The van der Waals surface area contributed by atoms with Gasteiger partial charge in [-0.2, -0.15) is 4.99 Å². The summed E-state index contributed by atoms with van der Waals surface area (Å²) in [6, 6.07) is 5.88. The van der Waals surface area contributed by atoms with Crippen molar-refractivity contribution in [2.24, 2.45) is 4.99 Å². The van der Waals surface area contributed by atoms with E-state index in [2.05, 4.69) is 16.7 Å². The Morgan fingerprint density at radius 2 is 2.38 bits per heavy atom. The number of rotatable bonds is 3. The second kappa shape index (κ2) is 5.45. The van der Waals surface area contributed by atoms with Gasteiger partial charge in [-0.25, -0.2) is 4.39 Å². The van der Waals surface area contributed by atoms with Gasteiger partial charge in [0.15, 0.2) is 4.80 Å². The summed E-state index contributed by atoms with van der Waals surface area (Å²) < 4.78 is 20.6. The molecule has 0 N–H and O–H groups in total. The lowest BCUT2D eigenvalue weighted by molar-refractivity contribution is 0.0962. The maximum atomic E-state index is 13.3. The van der Waals surface area contributed by atoms with E-state index >= 15 is 0 Å². The highest BCUT2D eigenvalue weighted by Crippen LogP contribution is 2.18. The summed E-state index contributed by atoms with van der Waals surface area (Å²) in [4.78, 5) is 16.4. The molecule has 3 rings (SSSR count). The molecule has 1 aromatic carbocycles. The second-order valence-corrected chi connectivity index (χ2v) is 5.20. The summed E-state index contributed by atoms with van der Waals surface area (Å²) in [5.41, 5.74) is 0.797. The Hall–Kier alpha value is -2.54. The van der Waals surface area contributed by atoms with Crippen molar-refractivity contribution in [1.29, 1.82) is 0 Å². The van der Waals surface area contributed by atoms with Gasteiger partial charge in [-0.15, -0.1) is 6.58 Å². The van der Waals surface area contributed by atoms with Crippen LogP contribution in [0.2, 0.25) is 0 Å². The third kappa shape index (κ3) is 2.55. The van der Waals surface area contributed by atoms with Crippen LogP contribution < -0.4 is 4.80 Å². The molecule has 0 unspecified atom stereocenters. The van der Waals surface area contributed by atoms with Gasteiger partial charge in [0.1, 0.15) is 5.82 Å². The van der Waals surface area contributed by atoms with Gasteiger partial charge in [-0.05, 0) is 18.2 Å². The predicted molar refractivity (Wildman–Crippen MR) is 76.4 cm³/mol. The van der Waals surface area contributed by atoms with Gasteiger partial charge in [-0.3, -0.25) is 4.79 Å². The van der Waals surface area contributed by atoms with Crippen LogP contribution in [-0.2, 0) is 6.54 Å². The van der Waals surface area contributed by atoms with E-state index in [-0.39, 0.29) is 11.6 Å². The molecule has 0 atom stereocenters. The van der Waals surface area contributed by atoms with E-state index in [0.29, 0.717) is 16.0 Å². The number of carbonyl (C=O) groups excluding carboxylic acids is 1. The third-order valence-electron chi connectivity index (χ3n) is 2.80. The first kappa shape index (κ1) is 13.4. The summed E-state index contributed by atoms with van der Waals surface area (Å²) in [6.07, 6.45) is 3.06. The van der Waals surface area contributed by atoms with Crippen molar-refractivity contribution in [2.45, 2.75) is 6.54 Å². The highest BCUT2D eigenvalue weighted by Gasteiger charge is 2.11. The number of amides is 1. The Morgan fingerprint density at radius 3 is 3.10 bits per heavy atom. The average molecular weight is 303 g/mol. The fourth-order valence-corrected chi connectivity index (χ4v) is 2.97. The number of aromatic nitrogens is 2. The highest BCUT2D eigenvalue weighted by atomic mass is 32.1. The van der Waals surface area contributed by atoms with Crippen LogP contribution in [0.25, 0.3) is 10.2 Å². The van der Waals surface area contributed by atoms with Crippen LogP contribution in [0.3, 0.4) is 0 Å². The molecule has 2 heterocycles. The lowest BCUT2D eigenvalue weighted by Gasteiger charge is -2.00. The molecule has 1 amide bonds. The number of thiazole rings is 1. The van der Waals surface area contributed by atoms with Crippen LogP contribution in [0.15, 0.2) is 52.6 Å². The Bertz CT molecular complexity index is 877. The van der Waals surface area contributed by atoms with Crippen LogP contribution in [0.5, 0.6) is 0 Å². The van der Waals surface area contributed by atoms with Crippen LogP contribution in [-0.4, -0.2) is 15.6 Å². The second-order valence-electron chi connectivity index (χ2n) is 4.19. The average Bonchev–Trinajstić information content (AvgIpc) is 3.08. The lowest BCUT2D eigenvalue weighted by Crippen LogP contribution is -2.16. The van der Waals surface area contributed by atoms with Gasteiger partial charge >= 0.3 is 5.91 Å². The maximum absolute atomic E-state index is 13.3. The number of nitrogens with zero attached hydrogens (tertiary/aromatic N) is 3. The predicted octanol–water partition coefficient (Wildman–Crippen LogP) is 2.76. The molecule has 0 spiro atoms. The van der Waals surface area contributed by atoms with Gasteiger partial charge in [0.25, 0.3) is 0 Å². The molecule has 0 saturated heterocycles.